The molecular weight excluding hydrogens is 358 g/mol. The van der Waals surface area contributed by atoms with Crippen LogP contribution >= 0.6 is 0 Å². The van der Waals surface area contributed by atoms with E-state index in [1.54, 1.807) is 12.4 Å². The lowest BCUT2D eigenvalue weighted by molar-refractivity contribution is -0.119. The van der Waals surface area contributed by atoms with Crippen molar-refractivity contribution in [1.29, 1.82) is 0 Å². The van der Waals surface area contributed by atoms with Gasteiger partial charge >= 0.3 is 0 Å². The highest BCUT2D eigenvalue weighted by Crippen LogP contribution is 2.07. The smallest absolute Gasteiger partial charge is 0.217 e. The van der Waals surface area contributed by atoms with Crippen molar-refractivity contribution in [1.82, 2.24) is 15.3 Å². The molecular formula is C25H25N3O. The Morgan fingerprint density at radius 3 is 2.21 bits per heavy atom. The first-order valence-corrected chi connectivity index (χ1v) is 9.81. The Morgan fingerprint density at radius 2 is 1.55 bits per heavy atom. The van der Waals surface area contributed by atoms with Gasteiger partial charge in [-0.2, -0.15) is 0 Å². The number of nitrogens with zero attached hydrogens (tertiary/aromatic N) is 2. The fourth-order valence-corrected chi connectivity index (χ4v) is 3.07. The van der Waals surface area contributed by atoms with Gasteiger partial charge in [0.1, 0.15) is 5.82 Å². The lowest BCUT2D eigenvalue weighted by atomic mass is 10.1. The van der Waals surface area contributed by atoms with E-state index in [4.69, 9.17) is 0 Å². The van der Waals surface area contributed by atoms with E-state index >= 15 is 0 Å². The van der Waals surface area contributed by atoms with Crippen molar-refractivity contribution >= 4 is 5.91 Å². The zero-order valence-corrected chi connectivity index (χ0v) is 16.9. The third kappa shape index (κ3) is 6.90. The van der Waals surface area contributed by atoms with Crippen LogP contribution in [-0.4, -0.2) is 21.9 Å². The number of carbonyl (C=O) groups excluding carboxylic acids is 1. The van der Waals surface area contributed by atoms with Crippen LogP contribution in [0.15, 0.2) is 67.0 Å². The summed E-state index contributed by atoms with van der Waals surface area (Å²) in [7, 11) is 0. The summed E-state index contributed by atoms with van der Waals surface area (Å²) in [6, 6.07) is 18.6. The van der Waals surface area contributed by atoms with Crippen molar-refractivity contribution in [2.45, 2.75) is 39.2 Å². The van der Waals surface area contributed by atoms with Gasteiger partial charge in [0.2, 0.25) is 5.91 Å². The molecule has 4 nitrogen and oxygen atoms in total. The van der Waals surface area contributed by atoms with Crippen LogP contribution < -0.4 is 5.32 Å². The number of benzene rings is 2. The minimum absolute atomic E-state index is 0.00621. The van der Waals surface area contributed by atoms with Gasteiger partial charge in [0.05, 0.1) is 5.56 Å². The lowest BCUT2D eigenvalue weighted by Gasteiger charge is -2.12. The number of rotatable bonds is 6. The van der Waals surface area contributed by atoms with Crippen molar-refractivity contribution in [2.75, 3.05) is 0 Å². The summed E-state index contributed by atoms with van der Waals surface area (Å²) >= 11 is 0. The summed E-state index contributed by atoms with van der Waals surface area (Å²) in [4.78, 5) is 20.0. The molecule has 3 aromatic rings. The number of amides is 1. The van der Waals surface area contributed by atoms with Crippen LogP contribution in [0.1, 0.15) is 41.9 Å². The van der Waals surface area contributed by atoms with E-state index in [1.807, 2.05) is 49.4 Å². The third-order valence-electron chi connectivity index (χ3n) is 4.48. The topological polar surface area (TPSA) is 54.9 Å². The minimum Gasteiger partial charge on any atom is -0.354 e. The summed E-state index contributed by atoms with van der Waals surface area (Å²) in [5, 5.41) is 2.89. The van der Waals surface area contributed by atoms with Crippen LogP contribution in [0.3, 0.4) is 0 Å². The normalized spacial score (nSPS) is 11.2. The van der Waals surface area contributed by atoms with Crippen LogP contribution in [0, 0.1) is 11.8 Å². The van der Waals surface area contributed by atoms with Crippen LogP contribution in [0.2, 0.25) is 0 Å². The zero-order chi connectivity index (χ0) is 20.5. The maximum Gasteiger partial charge on any atom is 0.217 e. The molecule has 146 valence electrons. The molecule has 0 saturated heterocycles. The molecule has 1 unspecified atom stereocenters. The van der Waals surface area contributed by atoms with Gasteiger partial charge in [0.25, 0.3) is 0 Å². The van der Waals surface area contributed by atoms with E-state index in [0.717, 1.165) is 36.2 Å². The highest BCUT2D eigenvalue weighted by Gasteiger charge is 2.04. The Balaban J connectivity index is 1.54. The van der Waals surface area contributed by atoms with Gasteiger partial charge in [-0.25, -0.2) is 9.97 Å². The quantitative estimate of drug-likeness (QED) is 0.660. The highest BCUT2D eigenvalue weighted by atomic mass is 16.1. The fraction of sp³-hybridized carbons (Fsp3) is 0.240. The molecule has 3 rings (SSSR count). The molecule has 2 aromatic carbocycles. The second kappa shape index (κ2) is 10.2. The molecule has 0 spiro atoms. The number of hydrogen-bond donors (Lipinski definition) is 1. The molecule has 0 aliphatic carbocycles. The molecule has 1 heterocycles. The molecule has 4 heteroatoms. The SMILES string of the molecule is CC(=O)NC(C)Cc1ccc(C#Cc2cnc(CCc3ccccc3)nc2)cc1. The minimum atomic E-state index is -0.00621. The summed E-state index contributed by atoms with van der Waals surface area (Å²) in [5.74, 6) is 7.09. The predicted octanol–water partition coefficient (Wildman–Crippen LogP) is 3.73. The van der Waals surface area contributed by atoms with Crippen molar-refractivity contribution in [3.63, 3.8) is 0 Å². The molecule has 0 saturated carbocycles. The van der Waals surface area contributed by atoms with Crippen molar-refractivity contribution in [3.05, 3.63) is 95.1 Å². The van der Waals surface area contributed by atoms with Gasteiger partial charge in [0.15, 0.2) is 0 Å². The van der Waals surface area contributed by atoms with Crippen LogP contribution in [0.4, 0.5) is 0 Å². The number of aryl methyl sites for hydroxylation is 2. The van der Waals surface area contributed by atoms with Crippen molar-refractivity contribution in [3.8, 4) is 11.8 Å². The maximum absolute atomic E-state index is 11.1. The van der Waals surface area contributed by atoms with E-state index in [9.17, 15) is 4.79 Å². The molecule has 0 fully saturated rings. The van der Waals surface area contributed by atoms with Crippen LogP contribution in [0.5, 0.6) is 0 Å². The van der Waals surface area contributed by atoms with E-state index in [-0.39, 0.29) is 11.9 Å². The summed E-state index contributed by atoms with van der Waals surface area (Å²) < 4.78 is 0. The monoisotopic (exact) mass is 383 g/mol. The third-order valence-corrected chi connectivity index (χ3v) is 4.48. The van der Waals surface area contributed by atoms with Gasteiger partial charge < -0.3 is 5.32 Å². The lowest BCUT2D eigenvalue weighted by Crippen LogP contribution is -2.31. The van der Waals surface area contributed by atoms with Gasteiger partial charge in [0, 0.05) is 37.3 Å². The first-order chi connectivity index (χ1) is 14.1. The standard InChI is InChI=1S/C25H25N3O/c1-19(28-20(2)29)16-23-11-8-22(9-12-23)10-13-24-17-26-25(27-18-24)15-14-21-6-4-3-5-7-21/h3-9,11-12,17-19H,14-16H2,1-2H3,(H,28,29). The summed E-state index contributed by atoms with van der Waals surface area (Å²) in [6.07, 6.45) is 6.11. The van der Waals surface area contributed by atoms with Gasteiger partial charge in [-0.15, -0.1) is 0 Å². The van der Waals surface area contributed by atoms with Crippen molar-refractivity contribution in [2.24, 2.45) is 0 Å². The maximum atomic E-state index is 11.1. The largest absolute Gasteiger partial charge is 0.354 e. The molecule has 29 heavy (non-hydrogen) atoms. The van der Waals surface area contributed by atoms with E-state index in [0.29, 0.717) is 0 Å². The van der Waals surface area contributed by atoms with E-state index in [2.05, 4.69) is 39.3 Å². The first-order valence-electron chi connectivity index (χ1n) is 9.81. The second-order valence-electron chi connectivity index (χ2n) is 7.13. The van der Waals surface area contributed by atoms with Crippen LogP contribution in [-0.2, 0) is 24.1 Å². The highest BCUT2D eigenvalue weighted by molar-refractivity contribution is 5.73. The Labute approximate surface area is 172 Å². The van der Waals surface area contributed by atoms with E-state index < -0.39 is 0 Å². The van der Waals surface area contributed by atoms with Crippen molar-refractivity contribution < 1.29 is 4.79 Å². The summed E-state index contributed by atoms with van der Waals surface area (Å²) in [6.45, 7) is 3.54. The number of carbonyl (C=O) groups is 1. The molecule has 1 atom stereocenters. The van der Waals surface area contributed by atoms with Gasteiger partial charge in [-0.1, -0.05) is 54.3 Å². The molecule has 0 aliphatic heterocycles. The Hall–Kier alpha value is -3.45. The number of hydrogen-bond acceptors (Lipinski definition) is 3. The van der Waals surface area contributed by atoms with Gasteiger partial charge in [-0.3, -0.25) is 4.79 Å². The Bertz CT molecular complexity index is 984. The molecule has 0 bridgehead atoms. The van der Waals surface area contributed by atoms with Crippen LogP contribution in [0.25, 0.3) is 0 Å². The second-order valence-corrected chi connectivity index (χ2v) is 7.13. The van der Waals surface area contributed by atoms with E-state index in [1.165, 1.54) is 18.1 Å². The summed E-state index contributed by atoms with van der Waals surface area (Å²) in [5.41, 5.74) is 4.20. The Kier molecular flexibility index (Phi) is 7.13. The zero-order valence-electron chi connectivity index (χ0n) is 16.9. The fourth-order valence-electron chi connectivity index (χ4n) is 3.07. The Morgan fingerprint density at radius 1 is 0.897 bits per heavy atom. The first kappa shape index (κ1) is 20.3. The number of aromatic nitrogens is 2. The molecule has 1 aromatic heterocycles. The molecule has 0 aliphatic rings. The van der Waals surface area contributed by atoms with Gasteiger partial charge in [-0.05, 0) is 43.0 Å². The predicted molar refractivity (Wildman–Crippen MR) is 115 cm³/mol. The number of nitrogens with one attached hydrogen (secondary N) is 1. The molecule has 1 amide bonds. The average molecular weight is 383 g/mol. The average Bonchev–Trinajstić information content (AvgIpc) is 2.73. The molecule has 0 radical (unpaired) electrons. The molecule has 1 N–H and O–H groups in total.